The molecule has 2 nitrogen and oxygen atoms in total. The van der Waals surface area contributed by atoms with Gasteiger partial charge in [-0.2, -0.15) is 0 Å². The maximum atomic E-state index is 8.90. The summed E-state index contributed by atoms with van der Waals surface area (Å²) >= 11 is 0. The topological polar surface area (TPSA) is 32.3 Å². The fourth-order valence-electron chi connectivity index (χ4n) is 2.32. The van der Waals surface area contributed by atoms with Crippen LogP contribution in [0.15, 0.2) is 30.3 Å². The van der Waals surface area contributed by atoms with Gasteiger partial charge in [-0.15, -0.1) is 0 Å². The third-order valence-corrected chi connectivity index (χ3v) is 3.50. The first-order valence-corrected chi connectivity index (χ1v) is 6.29. The van der Waals surface area contributed by atoms with Crippen molar-refractivity contribution >= 4 is 0 Å². The highest BCUT2D eigenvalue weighted by molar-refractivity contribution is 5.19. The normalized spacial score (nSPS) is 18.1. The average molecular weight is 219 g/mol. The molecule has 0 radical (unpaired) electrons. The zero-order valence-corrected chi connectivity index (χ0v) is 9.73. The first-order valence-electron chi connectivity index (χ1n) is 6.29. The van der Waals surface area contributed by atoms with E-state index in [1.165, 1.54) is 31.2 Å². The number of hydrogen-bond acceptors (Lipinski definition) is 2. The van der Waals surface area contributed by atoms with E-state index < -0.39 is 0 Å². The number of benzene rings is 1. The van der Waals surface area contributed by atoms with Crippen molar-refractivity contribution in [2.75, 3.05) is 13.2 Å². The van der Waals surface area contributed by atoms with Gasteiger partial charge >= 0.3 is 0 Å². The SMILES string of the molecule is OCCNC(CC1CCC1)c1ccccc1. The Kier molecular flexibility index (Phi) is 4.37. The first-order chi connectivity index (χ1) is 7.90. The van der Waals surface area contributed by atoms with Gasteiger partial charge in [-0.3, -0.25) is 0 Å². The van der Waals surface area contributed by atoms with Gasteiger partial charge in [0.25, 0.3) is 0 Å². The van der Waals surface area contributed by atoms with Crippen LogP contribution in [0.25, 0.3) is 0 Å². The van der Waals surface area contributed by atoms with Crippen molar-refractivity contribution in [1.29, 1.82) is 0 Å². The van der Waals surface area contributed by atoms with Gasteiger partial charge < -0.3 is 10.4 Å². The molecule has 1 fully saturated rings. The molecule has 0 aromatic heterocycles. The van der Waals surface area contributed by atoms with Gasteiger partial charge in [-0.25, -0.2) is 0 Å². The average Bonchev–Trinajstić information content (AvgIpc) is 2.28. The minimum atomic E-state index is 0.216. The summed E-state index contributed by atoms with van der Waals surface area (Å²) in [5, 5.41) is 12.3. The van der Waals surface area contributed by atoms with Crippen molar-refractivity contribution in [3.63, 3.8) is 0 Å². The zero-order valence-electron chi connectivity index (χ0n) is 9.73. The molecule has 0 spiro atoms. The number of nitrogens with one attached hydrogen (secondary N) is 1. The molecule has 0 aliphatic heterocycles. The van der Waals surface area contributed by atoms with Crippen LogP contribution in [0.1, 0.15) is 37.3 Å². The van der Waals surface area contributed by atoms with Crippen molar-refractivity contribution in [2.45, 2.75) is 31.7 Å². The number of rotatable bonds is 6. The molecule has 0 saturated heterocycles. The summed E-state index contributed by atoms with van der Waals surface area (Å²) < 4.78 is 0. The van der Waals surface area contributed by atoms with E-state index in [0.29, 0.717) is 12.6 Å². The van der Waals surface area contributed by atoms with Gasteiger partial charge in [-0.1, -0.05) is 49.6 Å². The molecule has 1 saturated carbocycles. The molecule has 1 aliphatic carbocycles. The lowest BCUT2D eigenvalue weighted by Gasteiger charge is -2.30. The van der Waals surface area contributed by atoms with E-state index in [2.05, 4.69) is 35.6 Å². The van der Waals surface area contributed by atoms with E-state index in [1.54, 1.807) is 0 Å². The minimum absolute atomic E-state index is 0.216. The van der Waals surface area contributed by atoms with Gasteiger partial charge in [0, 0.05) is 12.6 Å². The lowest BCUT2D eigenvalue weighted by molar-refractivity contribution is 0.243. The van der Waals surface area contributed by atoms with Crippen molar-refractivity contribution in [1.82, 2.24) is 5.32 Å². The molecule has 0 amide bonds. The molecule has 2 heteroatoms. The second-order valence-electron chi connectivity index (χ2n) is 4.67. The quantitative estimate of drug-likeness (QED) is 0.770. The summed E-state index contributed by atoms with van der Waals surface area (Å²) in [6, 6.07) is 11.0. The van der Waals surface area contributed by atoms with Crippen LogP contribution < -0.4 is 5.32 Å². The third-order valence-electron chi connectivity index (χ3n) is 3.50. The standard InChI is InChI=1S/C14H21NO/c16-10-9-15-14(11-12-5-4-6-12)13-7-2-1-3-8-13/h1-3,7-8,12,14-16H,4-6,9-11H2. The molecule has 16 heavy (non-hydrogen) atoms. The summed E-state index contributed by atoms with van der Waals surface area (Å²) in [6.07, 6.45) is 5.37. The molecule has 1 atom stereocenters. The van der Waals surface area contributed by atoms with Gasteiger partial charge in [0.1, 0.15) is 0 Å². The van der Waals surface area contributed by atoms with E-state index in [0.717, 1.165) is 5.92 Å². The molecule has 2 rings (SSSR count). The van der Waals surface area contributed by atoms with Gasteiger partial charge in [0.05, 0.1) is 6.61 Å². The Morgan fingerprint density at radius 3 is 2.56 bits per heavy atom. The van der Waals surface area contributed by atoms with Crippen LogP contribution in [-0.2, 0) is 0 Å². The lowest BCUT2D eigenvalue weighted by Crippen LogP contribution is -2.28. The second-order valence-corrected chi connectivity index (χ2v) is 4.67. The van der Waals surface area contributed by atoms with Crippen molar-refractivity contribution in [3.05, 3.63) is 35.9 Å². The van der Waals surface area contributed by atoms with Gasteiger partial charge in [0.2, 0.25) is 0 Å². The zero-order chi connectivity index (χ0) is 11.2. The maximum absolute atomic E-state index is 8.90. The Morgan fingerprint density at radius 2 is 2.00 bits per heavy atom. The van der Waals surface area contributed by atoms with Crippen molar-refractivity contribution < 1.29 is 5.11 Å². The number of aliphatic hydroxyl groups excluding tert-OH is 1. The molecule has 0 heterocycles. The third kappa shape index (κ3) is 3.06. The van der Waals surface area contributed by atoms with E-state index >= 15 is 0 Å². The van der Waals surface area contributed by atoms with E-state index in [-0.39, 0.29) is 6.61 Å². The summed E-state index contributed by atoms with van der Waals surface area (Å²) in [5.41, 5.74) is 1.35. The van der Waals surface area contributed by atoms with Crippen molar-refractivity contribution in [2.24, 2.45) is 5.92 Å². The van der Waals surface area contributed by atoms with E-state index in [9.17, 15) is 0 Å². The largest absolute Gasteiger partial charge is 0.395 e. The molecule has 0 bridgehead atoms. The van der Waals surface area contributed by atoms with Crippen LogP contribution in [0, 0.1) is 5.92 Å². The predicted molar refractivity (Wildman–Crippen MR) is 66.2 cm³/mol. The van der Waals surface area contributed by atoms with Crippen LogP contribution in [0.2, 0.25) is 0 Å². The molecule has 1 aromatic carbocycles. The Hall–Kier alpha value is -0.860. The highest BCUT2D eigenvalue weighted by atomic mass is 16.3. The molecule has 2 N–H and O–H groups in total. The summed E-state index contributed by atoms with van der Waals surface area (Å²) in [7, 11) is 0. The van der Waals surface area contributed by atoms with E-state index in [4.69, 9.17) is 5.11 Å². The predicted octanol–water partition coefficient (Wildman–Crippen LogP) is 2.50. The molecule has 1 unspecified atom stereocenters. The van der Waals surface area contributed by atoms with Crippen molar-refractivity contribution in [3.8, 4) is 0 Å². The van der Waals surface area contributed by atoms with Crippen LogP contribution >= 0.6 is 0 Å². The van der Waals surface area contributed by atoms with Crippen LogP contribution in [0.5, 0.6) is 0 Å². The number of aliphatic hydroxyl groups is 1. The van der Waals surface area contributed by atoms with Crippen LogP contribution in [0.4, 0.5) is 0 Å². The molecule has 1 aromatic rings. The smallest absolute Gasteiger partial charge is 0.0556 e. The summed E-state index contributed by atoms with van der Waals surface area (Å²) in [6.45, 7) is 0.903. The number of hydrogen-bond donors (Lipinski definition) is 2. The molecular weight excluding hydrogens is 198 g/mol. The first kappa shape index (κ1) is 11.6. The Bertz CT molecular complexity index is 295. The van der Waals surface area contributed by atoms with Gasteiger partial charge in [0.15, 0.2) is 0 Å². The Labute approximate surface area is 97.7 Å². The second kappa shape index (κ2) is 6.02. The van der Waals surface area contributed by atoms with E-state index in [1.807, 2.05) is 0 Å². The Balaban J connectivity index is 1.95. The summed E-state index contributed by atoms with van der Waals surface area (Å²) in [4.78, 5) is 0. The summed E-state index contributed by atoms with van der Waals surface area (Å²) in [5.74, 6) is 0.886. The monoisotopic (exact) mass is 219 g/mol. The van der Waals surface area contributed by atoms with Crippen LogP contribution in [-0.4, -0.2) is 18.3 Å². The molecular formula is C14H21NO. The fraction of sp³-hybridized carbons (Fsp3) is 0.571. The van der Waals surface area contributed by atoms with Gasteiger partial charge in [-0.05, 0) is 17.9 Å². The Morgan fingerprint density at radius 1 is 1.25 bits per heavy atom. The molecule has 1 aliphatic rings. The minimum Gasteiger partial charge on any atom is -0.395 e. The maximum Gasteiger partial charge on any atom is 0.0556 e. The fourth-order valence-corrected chi connectivity index (χ4v) is 2.32. The highest BCUT2D eigenvalue weighted by Crippen LogP contribution is 2.34. The molecule has 88 valence electrons. The lowest BCUT2D eigenvalue weighted by atomic mass is 9.79. The van der Waals surface area contributed by atoms with Crippen LogP contribution in [0.3, 0.4) is 0 Å². The highest BCUT2D eigenvalue weighted by Gasteiger charge is 2.22.